The van der Waals surface area contributed by atoms with Crippen molar-refractivity contribution in [2.24, 2.45) is 0 Å². The molecule has 0 aliphatic rings. The summed E-state index contributed by atoms with van der Waals surface area (Å²) in [7, 11) is -1.11. The maximum absolute atomic E-state index is 10.8. The standard InChI is InChI=1S/C6H10O3S/c1-3-10(9)5(2)4-6(7)8/h4H,3H2,1-2H3,(H,7,8). The van der Waals surface area contributed by atoms with E-state index in [1.54, 1.807) is 13.8 Å². The first-order valence-corrected chi connectivity index (χ1v) is 4.19. The lowest BCUT2D eigenvalue weighted by atomic mass is 10.5. The largest absolute Gasteiger partial charge is 0.478 e. The maximum atomic E-state index is 10.8. The fraction of sp³-hybridized carbons (Fsp3) is 0.500. The lowest BCUT2D eigenvalue weighted by molar-refractivity contribution is -0.131. The van der Waals surface area contributed by atoms with Gasteiger partial charge in [-0.05, 0) is 6.92 Å². The first-order valence-electron chi connectivity index (χ1n) is 2.87. The zero-order valence-corrected chi connectivity index (χ0v) is 6.77. The average molecular weight is 162 g/mol. The number of rotatable bonds is 3. The third kappa shape index (κ3) is 3.40. The third-order valence-electron chi connectivity index (χ3n) is 0.948. The Morgan fingerprint density at radius 3 is 2.50 bits per heavy atom. The summed E-state index contributed by atoms with van der Waals surface area (Å²) in [6.07, 6.45) is 0.972. The Morgan fingerprint density at radius 1 is 1.70 bits per heavy atom. The van der Waals surface area contributed by atoms with E-state index in [0.29, 0.717) is 10.7 Å². The van der Waals surface area contributed by atoms with Crippen LogP contribution in [-0.4, -0.2) is 21.0 Å². The fourth-order valence-electron chi connectivity index (χ4n) is 0.467. The highest BCUT2D eigenvalue weighted by molar-refractivity contribution is 7.88. The number of carbonyl (C=O) groups is 1. The molecule has 1 N–H and O–H groups in total. The molecule has 0 radical (unpaired) electrons. The zero-order valence-electron chi connectivity index (χ0n) is 5.96. The molecule has 0 heterocycles. The van der Waals surface area contributed by atoms with E-state index in [0.717, 1.165) is 6.08 Å². The molecule has 0 bridgehead atoms. The van der Waals surface area contributed by atoms with Crippen molar-refractivity contribution in [2.75, 3.05) is 5.75 Å². The molecular weight excluding hydrogens is 152 g/mol. The average Bonchev–Trinajstić information content (AvgIpc) is 1.85. The normalized spacial score (nSPS) is 14.8. The van der Waals surface area contributed by atoms with Crippen molar-refractivity contribution in [3.63, 3.8) is 0 Å². The molecule has 0 aromatic rings. The van der Waals surface area contributed by atoms with Crippen LogP contribution < -0.4 is 0 Å². The van der Waals surface area contributed by atoms with Crippen molar-refractivity contribution < 1.29 is 14.1 Å². The van der Waals surface area contributed by atoms with Gasteiger partial charge >= 0.3 is 5.97 Å². The quantitative estimate of drug-likeness (QED) is 0.623. The molecule has 0 fully saturated rings. The Hall–Kier alpha value is -0.640. The van der Waals surface area contributed by atoms with Crippen LogP contribution in [-0.2, 0) is 15.6 Å². The van der Waals surface area contributed by atoms with Crippen molar-refractivity contribution in [1.82, 2.24) is 0 Å². The second kappa shape index (κ2) is 4.22. The predicted octanol–water partition coefficient (Wildman–Crippen LogP) is 0.743. The van der Waals surface area contributed by atoms with Gasteiger partial charge in [0.2, 0.25) is 0 Å². The molecule has 0 aromatic heterocycles. The molecule has 58 valence electrons. The van der Waals surface area contributed by atoms with Gasteiger partial charge in [-0.2, -0.15) is 0 Å². The molecule has 1 unspecified atom stereocenters. The minimum atomic E-state index is -1.11. The van der Waals surface area contributed by atoms with Crippen LogP contribution in [0.1, 0.15) is 13.8 Å². The van der Waals surface area contributed by atoms with E-state index < -0.39 is 16.8 Å². The van der Waals surface area contributed by atoms with Gasteiger partial charge in [-0.3, -0.25) is 4.21 Å². The Morgan fingerprint density at radius 2 is 2.20 bits per heavy atom. The lowest BCUT2D eigenvalue weighted by Crippen LogP contribution is -1.97. The van der Waals surface area contributed by atoms with Crippen molar-refractivity contribution in [3.05, 3.63) is 11.0 Å². The molecule has 0 spiro atoms. The number of aliphatic carboxylic acids is 1. The first kappa shape index (κ1) is 9.36. The van der Waals surface area contributed by atoms with E-state index in [2.05, 4.69) is 0 Å². The second-order valence-electron chi connectivity index (χ2n) is 1.73. The Kier molecular flexibility index (Phi) is 3.95. The summed E-state index contributed by atoms with van der Waals surface area (Å²) in [5.74, 6) is -0.574. The van der Waals surface area contributed by atoms with Gasteiger partial charge in [0.05, 0.1) is 0 Å². The van der Waals surface area contributed by atoms with Crippen molar-refractivity contribution in [2.45, 2.75) is 13.8 Å². The smallest absolute Gasteiger partial charge is 0.329 e. The Labute approximate surface area is 62.2 Å². The summed E-state index contributed by atoms with van der Waals surface area (Å²) in [5.41, 5.74) is 0. The molecule has 1 atom stereocenters. The van der Waals surface area contributed by atoms with Crippen LogP contribution in [0.2, 0.25) is 0 Å². The highest BCUT2D eigenvalue weighted by Gasteiger charge is 1.99. The van der Waals surface area contributed by atoms with Crippen LogP contribution in [0.3, 0.4) is 0 Å². The summed E-state index contributed by atoms with van der Waals surface area (Å²) in [5, 5.41) is 8.22. The molecule has 4 heteroatoms. The highest BCUT2D eigenvalue weighted by Crippen LogP contribution is 1.99. The molecule has 0 rings (SSSR count). The Balaban J connectivity index is 4.19. The van der Waals surface area contributed by atoms with E-state index in [9.17, 15) is 9.00 Å². The maximum Gasteiger partial charge on any atom is 0.329 e. The van der Waals surface area contributed by atoms with Crippen molar-refractivity contribution in [1.29, 1.82) is 0 Å². The fourth-order valence-corrected chi connectivity index (χ4v) is 1.15. The summed E-state index contributed by atoms with van der Waals surface area (Å²) >= 11 is 0. The number of carboxylic acid groups (broad SMARTS) is 1. The molecular formula is C6H10O3S. The van der Waals surface area contributed by atoms with Crippen LogP contribution in [0.15, 0.2) is 11.0 Å². The van der Waals surface area contributed by atoms with Gasteiger partial charge in [0.1, 0.15) is 0 Å². The summed E-state index contributed by atoms with van der Waals surface area (Å²) in [6, 6.07) is 0. The molecule has 0 aromatic carbocycles. The SMILES string of the molecule is CCS(=O)C(C)=CC(=O)O. The first-order chi connectivity index (χ1) is 4.57. The number of hydrogen-bond donors (Lipinski definition) is 1. The summed E-state index contributed by atoms with van der Waals surface area (Å²) in [4.78, 5) is 10.4. The topological polar surface area (TPSA) is 54.4 Å². The van der Waals surface area contributed by atoms with E-state index in [4.69, 9.17) is 5.11 Å². The number of carboxylic acids is 1. The van der Waals surface area contributed by atoms with Crippen LogP contribution in [0, 0.1) is 0 Å². The van der Waals surface area contributed by atoms with Crippen LogP contribution >= 0.6 is 0 Å². The van der Waals surface area contributed by atoms with Gasteiger partial charge in [-0.15, -0.1) is 0 Å². The van der Waals surface area contributed by atoms with Gasteiger partial charge < -0.3 is 5.11 Å². The van der Waals surface area contributed by atoms with E-state index in [1.165, 1.54) is 0 Å². The molecule has 0 amide bonds. The van der Waals surface area contributed by atoms with Gasteiger partial charge in [0.15, 0.2) is 0 Å². The lowest BCUT2D eigenvalue weighted by Gasteiger charge is -1.94. The third-order valence-corrected chi connectivity index (χ3v) is 2.31. The zero-order chi connectivity index (χ0) is 8.15. The minimum absolute atomic E-state index is 0.412. The molecule has 0 saturated carbocycles. The predicted molar refractivity (Wildman–Crippen MR) is 40.1 cm³/mol. The molecule has 3 nitrogen and oxygen atoms in total. The van der Waals surface area contributed by atoms with Crippen LogP contribution in [0.5, 0.6) is 0 Å². The molecule has 0 saturated heterocycles. The highest BCUT2D eigenvalue weighted by atomic mass is 32.2. The van der Waals surface area contributed by atoms with Crippen molar-refractivity contribution >= 4 is 16.8 Å². The van der Waals surface area contributed by atoms with E-state index >= 15 is 0 Å². The number of allylic oxidation sites excluding steroid dienone is 1. The summed E-state index contributed by atoms with van der Waals surface area (Å²) < 4.78 is 10.8. The number of hydrogen-bond acceptors (Lipinski definition) is 2. The van der Waals surface area contributed by atoms with Crippen molar-refractivity contribution in [3.8, 4) is 0 Å². The minimum Gasteiger partial charge on any atom is -0.478 e. The monoisotopic (exact) mass is 162 g/mol. The Bertz CT molecular complexity index is 183. The molecule has 0 aliphatic carbocycles. The molecule has 10 heavy (non-hydrogen) atoms. The van der Waals surface area contributed by atoms with E-state index in [1.807, 2.05) is 0 Å². The van der Waals surface area contributed by atoms with Crippen LogP contribution in [0.25, 0.3) is 0 Å². The van der Waals surface area contributed by atoms with E-state index in [-0.39, 0.29) is 0 Å². The summed E-state index contributed by atoms with van der Waals surface area (Å²) in [6.45, 7) is 3.29. The van der Waals surface area contributed by atoms with Gasteiger partial charge in [-0.25, -0.2) is 4.79 Å². The molecule has 0 aliphatic heterocycles. The van der Waals surface area contributed by atoms with Gasteiger partial charge in [0, 0.05) is 27.5 Å². The van der Waals surface area contributed by atoms with Gasteiger partial charge in [-0.1, -0.05) is 6.92 Å². The second-order valence-corrected chi connectivity index (χ2v) is 3.64. The van der Waals surface area contributed by atoms with Gasteiger partial charge in [0.25, 0.3) is 0 Å². The van der Waals surface area contributed by atoms with Crippen LogP contribution in [0.4, 0.5) is 0 Å².